The number of hydrogen-bond donors (Lipinski definition) is 1. The van der Waals surface area contributed by atoms with Gasteiger partial charge in [-0.1, -0.05) is 30.3 Å². The molecule has 0 aliphatic heterocycles. The lowest BCUT2D eigenvalue weighted by Gasteiger charge is -2.13. The molecule has 0 saturated heterocycles. The second-order valence-corrected chi connectivity index (χ2v) is 4.07. The summed E-state index contributed by atoms with van der Waals surface area (Å²) >= 11 is 0. The zero-order chi connectivity index (χ0) is 11.1. The Kier molecular flexibility index (Phi) is 5.13. The third-order valence-electron chi connectivity index (χ3n) is 2.71. The molecular formula is C14H21N. The average molecular weight is 203 g/mol. The van der Waals surface area contributed by atoms with E-state index < -0.39 is 0 Å². The summed E-state index contributed by atoms with van der Waals surface area (Å²) in [6, 6.07) is 9.08. The normalized spacial score (nSPS) is 12.4. The van der Waals surface area contributed by atoms with E-state index in [9.17, 15) is 0 Å². The van der Waals surface area contributed by atoms with Crippen molar-refractivity contribution < 1.29 is 0 Å². The first-order chi connectivity index (χ1) is 7.24. The van der Waals surface area contributed by atoms with Crippen molar-refractivity contribution in [1.29, 1.82) is 0 Å². The van der Waals surface area contributed by atoms with Crippen LogP contribution in [0.25, 0.3) is 0 Å². The molecule has 1 atom stereocenters. The largest absolute Gasteiger partial charge is 0.310 e. The summed E-state index contributed by atoms with van der Waals surface area (Å²) in [6.45, 7) is 9.08. The van der Waals surface area contributed by atoms with Crippen molar-refractivity contribution >= 4 is 0 Å². The van der Waals surface area contributed by atoms with E-state index in [0.717, 1.165) is 19.4 Å². The molecule has 1 heteroatoms. The molecule has 1 nitrogen and oxygen atoms in total. The lowest BCUT2D eigenvalue weighted by molar-refractivity contribution is 0.517. The minimum absolute atomic E-state index is 0.558. The summed E-state index contributed by atoms with van der Waals surface area (Å²) in [7, 11) is 0. The van der Waals surface area contributed by atoms with Gasteiger partial charge in [-0.15, -0.1) is 6.58 Å². The summed E-state index contributed by atoms with van der Waals surface area (Å²) in [5, 5.41) is 3.53. The van der Waals surface area contributed by atoms with Crippen LogP contribution in [0.1, 0.15) is 30.9 Å². The minimum atomic E-state index is 0.558. The molecule has 0 radical (unpaired) electrons. The van der Waals surface area contributed by atoms with Crippen molar-refractivity contribution in [3.63, 3.8) is 0 Å². The van der Waals surface area contributed by atoms with Crippen LogP contribution < -0.4 is 5.32 Å². The molecule has 1 rings (SSSR count). The van der Waals surface area contributed by atoms with Crippen molar-refractivity contribution in [1.82, 2.24) is 5.32 Å². The highest BCUT2D eigenvalue weighted by Crippen LogP contribution is 2.07. The number of rotatable bonds is 6. The predicted octanol–water partition coefficient (Wildman–Crippen LogP) is 3.44. The Morgan fingerprint density at radius 2 is 2.13 bits per heavy atom. The zero-order valence-corrected chi connectivity index (χ0v) is 9.79. The van der Waals surface area contributed by atoms with Gasteiger partial charge in [0.05, 0.1) is 0 Å². The van der Waals surface area contributed by atoms with Gasteiger partial charge in [-0.2, -0.15) is 0 Å². The highest BCUT2D eigenvalue weighted by Gasteiger charge is 2.01. The van der Waals surface area contributed by atoms with Crippen LogP contribution in [0.3, 0.4) is 0 Å². The van der Waals surface area contributed by atoms with Gasteiger partial charge in [-0.25, -0.2) is 0 Å². The number of allylic oxidation sites excluding steroid dienone is 1. The molecular weight excluding hydrogens is 182 g/mol. The van der Waals surface area contributed by atoms with Crippen LogP contribution >= 0.6 is 0 Å². The van der Waals surface area contributed by atoms with Crippen LogP contribution in [0.2, 0.25) is 0 Å². The van der Waals surface area contributed by atoms with Gasteiger partial charge >= 0.3 is 0 Å². The zero-order valence-electron chi connectivity index (χ0n) is 9.79. The van der Waals surface area contributed by atoms with Crippen LogP contribution in [0.15, 0.2) is 36.9 Å². The first kappa shape index (κ1) is 12.0. The molecule has 1 aromatic carbocycles. The van der Waals surface area contributed by atoms with Crippen LogP contribution in [-0.4, -0.2) is 6.04 Å². The maximum Gasteiger partial charge on any atom is 0.0210 e. The molecule has 0 saturated carbocycles. The first-order valence-corrected chi connectivity index (χ1v) is 5.63. The standard InChI is InChI=1S/C14H21N/c1-4-5-9-13(3)15-11-14-10-7-6-8-12(14)2/h4,6-8,10,13,15H,1,5,9,11H2,2-3H3/t13-/m0/s1. The van der Waals surface area contributed by atoms with Crippen LogP contribution in [0.4, 0.5) is 0 Å². The van der Waals surface area contributed by atoms with Crippen molar-refractivity contribution in [2.75, 3.05) is 0 Å². The number of hydrogen-bond acceptors (Lipinski definition) is 1. The van der Waals surface area contributed by atoms with Gasteiger partial charge in [-0.3, -0.25) is 0 Å². The molecule has 82 valence electrons. The average Bonchev–Trinajstić information content (AvgIpc) is 2.25. The fourth-order valence-electron chi connectivity index (χ4n) is 1.56. The van der Waals surface area contributed by atoms with Gasteiger partial charge < -0.3 is 5.32 Å². The van der Waals surface area contributed by atoms with Crippen LogP contribution in [0, 0.1) is 6.92 Å². The molecule has 0 aromatic heterocycles. The lowest BCUT2D eigenvalue weighted by atomic mass is 10.1. The predicted molar refractivity (Wildman–Crippen MR) is 66.9 cm³/mol. The Bertz CT molecular complexity index is 304. The van der Waals surface area contributed by atoms with E-state index in [1.165, 1.54) is 11.1 Å². The van der Waals surface area contributed by atoms with E-state index in [4.69, 9.17) is 0 Å². The third-order valence-corrected chi connectivity index (χ3v) is 2.71. The maximum atomic E-state index is 3.74. The van der Waals surface area contributed by atoms with Crippen molar-refractivity contribution in [3.05, 3.63) is 48.0 Å². The van der Waals surface area contributed by atoms with Crippen LogP contribution in [-0.2, 0) is 6.54 Å². The highest BCUT2D eigenvalue weighted by atomic mass is 14.9. The minimum Gasteiger partial charge on any atom is -0.310 e. The molecule has 0 amide bonds. The molecule has 1 aromatic rings. The lowest BCUT2D eigenvalue weighted by Crippen LogP contribution is -2.25. The maximum absolute atomic E-state index is 3.74. The van der Waals surface area contributed by atoms with E-state index >= 15 is 0 Å². The van der Waals surface area contributed by atoms with Crippen LogP contribution in [0.5, 0.6) is 0 Å². The van der Waals surface area contributed by atoms with Gasteiger partial charge in [0, 0.05) is 12.6 Å². The number of benzene rings is 1. The molecule has 1 N–H and O–H groups in total. The summed E-state index contributed by atoms with van der Waals surface area (Å²) in [6.07, 6.45) is 4.23. The Morgan fingerprint density at radius 1 is 1.40 bits per heavy atom. The third kappa shape index (κ3) is 4.30. The molecule has 15 heavy (non-hydrogen) atoms. The van der Waals surface area contributed by atoms with Gasteiger partial charge in [0.1, 0.15) is 0 Å². The van der Waals surface area contributed by atoms with Gasteiger partial charge in [0.25, 0.3) is 0 Å². The fourth-order valence-corrected chi connectivity index (χ4v) is 1.56. The molecule has 0 spiro atoms. The molecule has 0 unspecified atom stereocenters. The van der Waals surface area contributed by atoms with E-state index in [2.05, 4.69) is 50.0 Å². The number of aryl methyl sites for hydroxylation is 1. The van der Waals surface area contributed by atoms with E-state index in [1.807, 2.05) is 6.08 Å². The Labute approximate surface area is 93.2 Å². The second-order valence-electron chi connectivity index (χ2n) is 4.07. The molecule has 0 aliphatic carbocycles. The first-order valence-electron chi connectivity index (χ1n) is 5.63. The van der Waals surface area contributed by atoms with Gasteiger partial charge in [0.15, 0.2) is 0 Å². The van der Waals surface area contributed by atoms with E-state index in [1.54, 1.807) is 0 Å². The SMILES string of the molecule is C=CCC[C@H](C)NCc1ccccc1C. The van der Waals surface area contributed by atoms with Crippen molar-refractivity contribution in [2.24, 2.45) is 0 Å². The van der Waals surface area contributed by atoms with Gasteiger partial charge in [-0.05, 0) is 37.8 Å². The van der Waals surface area contributed by atoms with E-state index in [0.29, 0.717) is 6.04 Å². The quantitative estimate of drug-likeness (QED) is 0.698. The monoisotopic (exact) mass is 203 g/mol. The van der Waals surface area contributed by atoms with Crippen molar-refractivity contribution in [3.8, 4) is 0 Å². The molecule has 0 heterocycles. The summed E-state index contributed by atoms with van der Waals surface area (Å²) in [4.78, 5) is 0. The van der Waals surface area contributed by atoms with E-state index in [-0.39, 0.29) is 0 Å². The second kappa shape index (κ2) is 6.41. The van der Waals surface area contributed by atoms with Gasteiger partial charge in [0.2, 0.25) is 0 Å². The summed E-state index contributed by atoms with van der Waals surface area (Å²) in [5.74, 6) is 0. The number of nitrogens with one attached hydrogen (secondary N) is 1. The summed E-state index contributed by atoms with van der Waals surface area (Å²) < 4.78 is 0. The molecule has 0 bridgehead atoms. The molecule has 0 aliphatic rings. The topological polar surface area (TPSA) is 12.0 Å². The Balaban J connectivity index is 2.36. The highest BCUT2D eigenvalue weighted by molar-refractivity contribution is 5.25. The Hall–Kier alpha value is -1.08. The Morgan fingerprint density at radius 3 is 2.80 bits per heavy atom. The molecule has 0 fully saturated rings. The summed E-state index contributed by atoms with van der Waals surface area (Å²) in [5.41, 5.74) is 2.75. The fraction of sp³-hybridized carbons (Fsp3) is 0.429. The van der Waals surface area contributed by atoms with Crippen molar-refractivity contribution in [2.45, 2.75) is 39.3 Å². The smallest absolute Gasteiger partial charge is 0.0210 e.